The molecule has 0 saturated carbocycles. The van der Waals surface area contributed by atoms with E-state index in [1.807, 2.05) is 4.90 Å². The van der Waals surface area contributed by atoms with Gasteiger partial charge in [0.1, 0.15) is 5.82 Å². The lowest BCUT2D eigenvalue weighted by Gasteiger charge is -2.35. The Morgan fingerprint density at radius 3 is 2.48 bits per heavy atom. The molecule has 0 radical (unpaired) electrons. The average molecular weight is 319 g/mol. The highest BCUT2D eigenvalue weighted by atomic mass is 19.1. The number of amides is 3. The number of carbonyl (C=O) groups is 2. The number of nitrogens with zero attached hydrogens (tertiary/aromatic N) is 2. The number of hydrogen-bond donors (Lipinski definition) is 1. The van der Waals surface area contributed by atoms with Gasteiger partial charge in [0.05, 0.1) is 12.0 Å². The molecule has 0 aliphatic carbocycles. The molecule has 2 aliphatic rings. The molecule has 3 amide bonds. The van der Waals surface area contributed by atoms with E-state index in [0.29, 0.717) is 19.6 Å². The van der Waals surface area contributed by atoms with Gasteiger partial charge in [0, 0.05) is 19.6 Å². The zero-order valence-corrected chi connectivity index (χ0v) is 13.1. The second-order valence-corrected chi connectivity index (χ2v) is 6.36. The van der Waals surface area contributed by atoms with Gasteiger partial charge in [-0.3, -0.25) is 4.79 Å². The average Bonchev–Trinajstić information content (AvgIpc) is 3.04. The molecular formula is C17H22FN3O2. The van der Waals surface area contributed by atoms with E-state index in [-0.39, 0.29) is 23.7 Å². The Morgan fingerprint density at radius 2 is 1.78 bits per heavy atom. The second-order valence-electron chi connectivity index (χ2n) is 6.36. The van der Waals surface area contributed by atoms with Crippen LogP contribution in [0.4, 0.5) is 9.18 Å². The highest BCUT2D eigenvalue weighted by Crippen LogP contribution is 2.34. The van der Waals surface area contributed by atoms with Gasteiger partial charge in [0.15, 0.2) is 0 Å². The van der Waals surface area contributed by atoms with E-state index < -0.39 is 6.03 Å². The number of hydrogen-bond acceptors (Lipinski definition) is 2. The third-order valence-electron chi connectivity index (χ3n) is 4.87. The third-order valence-corrected chi connectivity index (χ3v) is 4.87. The number of piperidine rings is 1. The van der Waals surface area contributed by atoms with Gasteiger partial charge in [0.25, 0.3) is 0 Å². The molecule has 3 rings (SSSR count). The van der Waals surface area contributed by atoms with Gasteiger partial charge in [-0.15, -0.1) is 0 Å². The van der Waals surface area contributed by atoms with Crippen LogP contribution < -0.4 is 5.73 Å². The summed E-state index contributed by atoms with van der Waals surface area (Å²) in [6, 6.07) is 5.92. The van der Waals surface area contributed by atoms with Crippen LogP contribution in [0.2, 0.25) is 0 Å². The molecule has 2 saturated heterocycles. The van der Waals surface area contributed by atoms with Crippen LogP contribution in [-0.2, 0) is 4.79 Å². The Balaban J connectivity index is 1.73. The monoisotopic (exact) mass is 319 g/mol. The maximum absolute atomic E-state index is 13.1. The Bertz CT molecular complexity index is 590. The molecule has 1 aromatic carbocycles. The number of likely N-dealkylation sites (tertiary alicyclic amines) is 2. The third kappa shape index (κ3) is 3.30. The van der Waals surface area contributed by atoms with Crippen LogP contribution >= 0.6 is 0 Å². The zero-order valence-electron chi connectivity index (χ0n) is 13.1. The predicted octanol–water partition coefficient (Wildman–Crippen LogP) is 2.28. The van der Waals surface area contributed by atoms with E-state index in [4.69, 9.17) is 5.73 Å². The van der Waals surface area contributed by atoms with Crippen LogP contribution in [0.1, 0.15) is 37.3 Å². The second kappa shape index (κ2) is 6.56. The fourth-order valence-electron chi connectivity index (χ4n) is 3.68. The summed E-state index contributed by atoms with van der Waals surface area (Å²) >= 11 is 0. The van der Waals surface area contributed by atoms with E-state index in [9.17, 15) is 14.0 Å². The minimum atomic E-state index is -0.459. The highest BCUT2D eigenvalue weighted by Gasteiger charge is 2.36. The number of nitrogens with two attached hydrogens (primary N) is 1. The van der Waals surface area contributed by atoms with Crippen molar-refractivity contribution in [3.8, 4) is 0 Å². The number of primary amides is 1. The first-order valence-electron chi connectivity index (χ1n) is 8.16. The molecule has 2 fully saturated rings. The minimum absolute atomic E-state index is 0.00653. The summed E-state index contributed by atoms with van der Waals surface area (Å²) in [6.45, 7) is 1.75. The van der Waals surface area contributed by atoms with Gasteiger partial charge >= 0.3 is 6.03 Å². The first-order valence-corrected chi connectivity index (χ1v) is 8.16. The molecule has 0 aromatic heterocycles. The topological polar surface area (TPSA) is 66.6 Å². The molecule has 1 aromatic rings. The lowest BCUT2D eigenvalue weighted by Crippen LogP contribution is -2.48. The van der Waals surface area contributed by atoms with E-state index >= 15 is 0 Å². The highest BCUT2D eigenvalue weighted by molar-refractivity contribution is 5.81. The van der Waals surface area contributed by atoms with Crippen LogP contribution in [-0.4, -0.2) is 41.4 Å². The smallest absolute Gasteiger partial charge is 0.314 e. The maximum atomic E-state index is 13.1. The van der Waals surface area contributed by atoms with E-state index in [0.717, 1.165) is 31.2 Å². The van der Waals surface area contributed by atoms with E-state index in [2.05, 4.69) is 0 Å². The van der Waals surface area contributed by atoms with Crippen molar-refractivity contribution in [3.05, 3.63) is 35.6 Å². The van der Waals surface area contributed by atoms with E-state index in [1.165, 1.54) is 12.1 Å². The first-order chi connectivity index (χ1) is 11.1. The molecular weight excluding hydrogens is 297 g/mol. The fraction of sp³-hybridized carbons (Fsp3) is 0.529. The van der Waals surface area contributed by atoms with Crippen LogP contribution in [0.5, 0.6) is 0 Å². The van der Waals surface area contributed by atoms with Gasteiger partial charge in [0.2, 0.25) is 5.91 Å². The summed E-state index contributed by atoms with van der Waals surface area (Å²) in [5, 5.41) is 0. The molecule has 0 spiro atoms. The molecule has 0 unspecified atom stereocenters. The van der Waals surface area contributed by atoms with Crippen molar-refractivity contribution in [2.45, 2.75) is 31.7 Å². The van der Waals surface area contributed by atoms with Crippen molar-refractivity contribution < 1.29 is 14.0 Å². The van der Waals surface area contributed by atoms with Crippen LogP contribution in [0.25, 0.3) is 0 Å². The Morgan fingerprint density at radius 1 is 1.09 bits per heavy atom. The molecule has 2 aliphatic heterocycles. The SMILES string of the molecule is NC(=O)N1CCC[C@@H](C(=O)N2CCC[C@@H]2c2ccc(F)cc2)C1. The normalized spacial score (nSPS) is 24.7. The van der Waals surface area contributed by atoms with Crippen LogP contribution in [0.3, 0.4) is 0 Å². The molecule has 124 valence electrons. The Hall–Kier alpha value is -2.11. The summed E-state index contributed by atoms with van der Waals surface area (Å²) < 4.78 is 13.1. The summed E-state index contributed by atoms with van der Waals surface area (Å²) in [4.78, 5) is 27.7. The minimum Gasteiger partial charge on any atom is -0.351 e. The largest absolute Gasteiger partial charge is 0.351 e. The summed E-state index contributed by atoms with van der Waals surface area (Å²) in [5.74, 6) is -0.367. The van der Waals surface area contributed by atoms with E-state index in [1.54, 1.807) is 17.0 Å². The van der Waals surface area contributed by atoms with Crippen LogP contribution in [0.15, 0.2) is 24.3 Å². The quantitative estimate of drug-likeness (QED) is 0.909. The fourth-order valence-corrected chi connectivity index (χ4v) is 3.68. The van der Waals surface area contributed by atoms with Crippen molar-refractivity contribution in [2.24, 2.45) is 11.7 Å². The van der Waals surface area contributed by atoms with Gasteiger partial charge in [-0.25, -0.2) is 9.18 Å². The molecule has 2 atom stereocenters. The summed E-state index contributed by atoms with van der Waals surface area (Å²) in [6.07, 6.45) is 3.42. The Labute approximate surface area is 135 Å². The van der Waals surface area contributed by atoms with Crippen molar-refractivity contribution in [1.29, 1.82) is 0 Å². The molecule has 0 bridgehead atoms. The maximum Gasteiger partial charge on any atom is 0.314 e. The first kappa shape index (κ1) is 15.8. The predicted molar refractivity (Wildman–Crippen MR) is 84.0 cm³/mol. The zero-order chi connectivity index (χ0) is 16.4. The lowest BCUT2D eigenvalue weighted by atomic mass is 9.95. The van der Waals surface area contributed by atoms with Crippen molar-refractivity contribution in [3.63, 3.8) is 0 Å². The summed E-state index contributed by atoms with van der Waals surface area (Å²) in [5.41, 5.74) is 6.31. The van der Waals surface area contributed by atoms with Crippen LogP contribution in [0, 0.1) is 11.7 Å². The number of rotatable bonds is 2. The van der Waals surface area contributed by atoms with Crippen molar-refractivity contribution >= 4 is 11.9 Å². The van der Waals surface area contributed by atoms with Gasteiger partial charge < -0.3 is 15.5 Å². The van der Waals surface area contributed by atoms with Crippen molar-refractivity contribution in [1.82, 2.24) is 9.80 Å². The molecule has 6 heteroatoms. The number of urea groups is 1. The molecule has 2 heterocycles. The summed E-state index contributed by atoms with van der Waals surface area (Å²) in [7, 11) is 0. The molecule has 23 heavy (non-hydrogen) atoms. The number of carbonyl (C=O) groups excluding carboxylic acids is 2. The number of benzene rings is 1. The number of halogens is 1. The van der Waals surface area contributed by atoms with Gasteiger partial charge in [-0.2, -0.15) is 0 Å². The van der Waals surface area contributed by atoms with Crippen molar-refractivity contribution in [2.75, 3.05) is 19.6 Å². The Kier molecular flexibility index (Phi) is 4.50. The molecule has 2 N–H and O–H groups in total. The van der Waals surface area contributed by atoms with Gasteiger partial charge in [-0.1, -0.05) is 12.1 Å². The lowest BCUT2D eigenvalue weighted by molar-refractivity contribution is -0.137. The van der Waals surface area contributed by atoms with Gasteiger partial charge in [-0.05, 0) is 43.4 Å². The standard InChI is InChI=1S/C17H22FN3O2/c18-14-7-5-12(6-8-14)15-4-2-10-21(15)16(22)13-3-1-9-20(11-13)17(19)23/h5-8,13,15H,1-4,9-11H2,(H2,19,23)/t13-,15-/m1/s1. The molecule has 5 nitrogen and oxygen atoms in total.